The first kappa shape index (κ1) is 14.5. The molecule has 20 heavy (non-hydrogen) atoms. The highest BCUT2D eigenvalue weighted by atomic mass is 16.3. The van der Waals surface area contributed by atoms with Crippen LogP contribution < -0.4 is 5.32 Å². The van der Waals surface area contributed by atoms with Gasteiger partial charge in [-0.15, -0.1) is 0 Å². The van der Waals surface area contributed by atoms with Crippen molar-refractivity contribution >= 4 is 17.5 Å². The number of aliphatic hydroxyl groups is 1. The lowest BCUT2D eigenvalue weighted by Gasteiger charge is -2.20. The maximum Gasteiger partial charge on any atom is 0.313 e. The summed E-state index contributed by atoms with van der Waals surface area (Å²) in [5, 5.41) is 12.3. The van der Waals surface area contributed by atoms with Crippen LogP contribution in [0.15, 0.2) is 24.3 Å². The molecule has 1 aromatic rings. The summed E-state index contributed by atoms with van der Waals surface area (Å²) in [6, 6.07) is 7.22. The van der Waals surface area contributed by atoms with Crippen molar-refractivity contribution in [1.82, 2.24) is 4.90 Å². The molecule has 0 radical (unpaired) electrons. The molecule has 1 saturated carbocycles. The molecule has 2 N–H and O–H groups in total. The van der Waals surface area contributed by atoms with E-state index in [0.717, 1.165) is 18.4 Å². The topological polar surface area (TPSA) is 69.6 Å². The molecule has 1 aromatic carbocycles. The van der Waals surface area contributed by atoms with Crippen LogP contribution in [0.1, 0.15) is 18.4 Å². The molecular formula is C15H20N2O3. The van der Waals surface area contributed by atoms with E-state index in [9.17, 15) is 14.7 Å². The molecule has 5 heteroatoms. The van der Waals surface area contributed by atoms with Gasteiger partial charge in [-0.25, -0.2) is 0 Å². The Balaban J connectivity index is 1.87. The number of aryl methyl sites for hydroxylation is 1. The predicted octanol–water partition coefficient (Wildman–Crippen LogP) is 1.16. The number of aliphatic hydroxyl groups excluding tert-OH is 1. The van der Waals surface area contributed by atoms with Crippen LogP contribution in [0.5, 0.6) is 0 Å². The van der Waals surface area contributed by atoms with Gasteiger partial charge >= 0.3 is 11.8 Å². The van der Waals surface area contributed by atoms with Crippen molar-refractivity contribution in [1.29, 1.82) is 0 Å². The Morgan fingerprint density at radius 3 is 2.50 bits per heavy atom. The first-order chi connectivity index (χ1) is 9.47. The molecule has 0 saturated heterocycles. The Bertz CT molecular complexity index is 494. The Labute approximate surface area is 118 Å². The van der Waals surface area contributed by atoms with Gasteiger partial charge in [-0.05, 0) is 37.8 Å². The molecule has 0 bridgehead atoms. The van der Waals surface area contributed by atoms with E-state index >= 15 is 0 Å². The monoisotopic (exact) mass is 276 g/mol. The van der Waals surface area contributed by atoms with E-state index in [1.54, 1.807) is 12.1 Å². The fraction of sp³-hybridized carbons (Fsp3) is 0.467. The summed E-state index contributed by atoms with van der Waals surface area (Å²) >= 11 is 0. The molecule has 0 aliphatic heterocycles. The van der Waals surface area contributed by atoms with Crippen molar-refractivity contribution in [3.63, 3.8) is 0 Å². The van der Waals surface area contributed by atoms with Gasteiger partial charge in [-0.2, -0.15) is 0 Å². The lowest BCUT2D eigenvalue weighted by atomic mass is 10.2. The fourth-order valence-electron chi connectivity index (χ4n) is 1.99. The standard InChI is InChI=1S/C15H20N2O3/c1-10-3-7-12(8-4-10)16-14(19)15(20)17(2)9-13(18)11-5-6-11/h3-4,7-8,11,13,18H,5-6,9H2,1-2H3,(H,16,19). The van der Waals surface area contributed by atoms with Crippen LogP contribution in [-0.2, 0) is 9.59 Å². The van der Waals surface area contributed by atoms with E-state index in [2.05, 4.69) is 5.32 Å². The van der Waals surface area contributed by atoms with Gasteiger partial charge in [0.1, 0.15) is 0 Å². The molecule has 0 spiro atoms. The molecule has 5 nitrogen and oxygen atoms in total. The van der Waals surface area contributed by atoms with Gasteiger partial charge in [-0.1, -0.05) is 17.7 Å². The molecule has 1 aliphatic carbocycles. The van der Waals surface area contributed by atoms with Crippen molar-refractivity contribution in [3.8, 4) is 0 Å². The van der Waals surface area contributed by atoms with Gasteiger partial charge < -0.3 is 15.3 Å². The summed E-state index contributed by atoms with van der Waals surface area (Å²) in [6.07, 6.45) is 1.47. The lowest BCUT2D eigenvalue weighted by molar-refractivity contribution is -0.143. The zero-order chi connectivity index (χ0) is 14.7. The number of rotatable bonds is 4. The van der Waals surface area contributed by atoms with E-state index in [4.69, 9.17) is 0 Å². The number of hydrogen-bond acceptors (Lipinski definition) is 3. The first-order valence-corrected chi connectivity index (χ1v) is 6.78. The second-order valence-electron chi connectivity index (χ2n) is 5.41. The van der Waals surface area contributed by atoms with E-state index < -0.39 is 17.9 Å². The van der Waals surface area contributed by atoms with Crippen LogP contribution in [0.3, 0.4) is 0 Å². The summed E-state index contributed by atoms with van der Waals surface area (Å²) in [5.74, 6) is -1.03. The third-order valence-corrected chi connectivity index (χ3v) is 3.48. The Kier molecular flexibility index (Phi) is 4.39. The van der Waals surface area contributed by atoms with Crippen molar-refractivity contribution < 1.29 is 14.7 Å². The highest BCUT2D eigenvalue weighted by Crippen LogP contribution is 2.32. The van der Waals surface area contributed by atoms with E-state index in [0.29, 0.717) is 5.69 Å². The lowest BCUT2D eigenvalue weighted by Crippen LogP contribution is -2.41. The highest BCUT2D eigenvalue weighted by molar-refractivity contribution is 6.39. The van der Waals surface area contributed by atoms with Gasteiger partial charge in [0.2, 0.25) is 0 Å². The minimum Gasteiger partial charge on any atom is -0.391 e. The van der Waals surface area contributed by atoms with E-state index in [-0.39, 0.29) is 12.5 Å². The van der Waals surface area contributed by atoms with Crippen LogP contribution in [0.25, 0.3) is 0 Å². The quantitative estimate of drug-likeness (QED) is 0.811. The molecular weight excluding hydrogens is 256 g/mol. The van der Waals surface area contributed by atoms with Crippen LogP contribution in [0, 0.1) is 12.8 Å². The number of nitrogens with one attached hydrogen (secondary N) is 1. The van der Waals surface area contributed by atoms with Crippen LogP contribution in [0.4, 0.5) is 5.69 Å². The molecule has 1 unspecified atom stereocenters. The predicted molar refractivity (Wildman–Crippen MR) is 76.2 cm³/mol. The molecule has 108 valence electrons. The maximum atomic E-state index is 11.9. The average Bonchev–Trinajstić information content (AvgIpc) is 3.24. The smallest absolute Gasteiger partial charge is 0.313 e. The third-order valence-electron chi connectivity index (χ3n) is 3.48. The number of likely N-dealkylation sites (N-methyl/N-ethyl adjacent to an activating group) is 1. The summed E-state index contributed by atoms with van der Waals surface area (Å²) in [6.45, 7) is 2.15. The summed E-state index contributed by atoms with van der Waals surface area (Å²) in [4.78, 5) is 25.0. The molecule has 1 atom stereocenters. The zero-order valence-electron chi connectivity index (χ0n) is 11.8. The van der Waals surface area contributed by atoms with E-state index in [1.165, 1.54) is 11.9 Å². The summed E-state index contributed by atoms with van der Waals surface area (Å²) in [7, 11) is 1.53. The largest absolute Gasteiger partial charge is 0.391 e. The number of carbonyl (C=O) groups is 2. The number of carbonyl (C=O) groups excluding carboxylic acids is 2. The molecule has 2 amide bonds. The second kappa shape index (κ2) is 6.05. The van der Waals surface area contributed by atoms with Crippen molar-refractivity contribution in [2.45, 2.75) is 25.9 Å². The number of benzene rings is 1. The Morgan fingerprint density at radius 2 is 1.95 bits per heavy atom. The summed E-state index contributed by atoms with van der Waals surface area (Å²) < 4.78 is 0. The number of amides is 2. The second-order valence-corrected chi connectivity index (χ2v) is 5.41. The molecule has 2 rings (SSSR count). The van der Waals surface area contributed by atoms with Gasteiger partial charge in [0.25, 0.3) is 0 Å². The van der Waals surface area contributed by atoms with Crippen molar-refractivity contribution in [2.24, 2.45) is 5.92 Å². The van der Waals surface area contributed by atoms with Crippen molar-refractivity contribution in [2.75, 3.05) is 18.9 Å². The van der Waals surface area contributed by atoms with Crippen LogP contribution in [-0.4, -0.2) is 41.5 Å². The fourth-order valence-corrected chi connectivity index (χ4v) is 1.99. The van der Waals surface area contributed by atoms with E-state index in [1.807, 2.05) is 19.1 Å². The Morgan fingerprint density at radius 1 is 1.35 bits per heavy atom. The normalized spacial score (nSPS) is 15.6. The number of anilines is 1. The van der Waals surface area contributed by atoms with Gasteiger partial charge in [0, 0.05) is 19.3 Å². The molecule has 0 aromatic heterocycles. The van der Waals surface area contributed by atoms with Gasteiger partial charge in [-0.3, -0.25) is 9.59 Å². The SMILES string of the molecule is Cc1ccc(NC(=O)C(=O)N(C)CC(O)C2CC2)cc1. The average molecular weight is 276 g/mol. The van der Waals surface area contributed by atoms with Crippen LogP contribution >= 0.6 is 0 Å². The van der Waals surface area contributed by atoms with Gasteiger partial charge in [0.15, 0.2) is 0 Å². The maximum absolute atomic E-state index is 11.9. The minimum absolute atomic E-state index is 0.199. The number of nitrogens with zero attached hydrogens (tertiary/aromatic N) is 1. The molecule has 1 aliphatic rings. The first-order valence-electron chi connectivity index (χ1n) is 6.78. The summed E-state index contributed by atoms with van der Waals surface area (Å²) in [5.41, 5.74) is 1.67. The van der Waals surface area contributed by atoms with Gasteiger partial charge in [0.05, 0.1) is 6.10 Å². The zero-order valence-corrected chi connectivity index (χ0v) is 11.8. The molecule has 1 fully saturated rings. The Hall–Kier alpha value is -1.88. The third kappa shape index (κ3) is 3.81. The number of hydrogen-bond donors (Lipinski definition) is 2. The minimum atomic E-state index is -0.681. The van der Waals surface area contributed by atoms with Crippen molar-refractivity contribution in [3.05, 3.63) is 29.8 Å². The molecule has 0 heterocycles. The van der Waals surface area contributed by atoms with Crippen LogP contribution in [0.2, 0.25) is 0 Å². The highest BCUT2D eigenvalue weighted by Gasteiger charge is 2.32.